The number of carboxylic acid groups (broad SMARTS) is 1. The Balaban J connectivity index is 1.39. The topological polar surface area (TPSA) is 119 Å². The third kappa shape index (κ3) is 4.58. The molecule has 2 aliphatic carbocycles. The van der Waals surface area contributed by atoms with E-state index in [1.165, 1.54) is 0 Å². The first kappa shape index (κ1) is 24.2. The van der Waals surface area contributed by atoms with Gasteiger partial charge in [-0.2, -0.15) is 0 Å². The van der Waals surface area contributed by atoms with Gasteiger partial charge in [-0.1, -0.05) is 12.8 Å². The Hall–Kier alpha value is -2.46. The lowest BCUT2D eigenvalue weighted by Crippen LogP contribution is -2.71. The zero-order valence-electron chi connectivity index (χ0n) is 20.4. The minimum absolute atomic E-state index is 0.00101. The van der Waals surface area contributed by atoms with Crippen LogP contribution in [-0.2, 0) is 23.9 Å². The molecule has 2 saturated carbocycles. The lowest BCUT2D eigenvalue weighted by Gasteiger charge is -2.60. The summed E-state index contributed by atoms with van der Waals surface area (Å²) < 4.78 is 6.79. The molecule has 0 aromatic heterocycles. The lowest BCUT2D eigenvalue weighted by atomic mass is 9.70. The van der Waals surface area contributed by atoms with Crippen LogP contribution in [0.15, 0.2) is 11.8 Å². The number of carbonyl (C=O) groups is 4. The molecule has 0 aromatic rings. The smallest absolute Gasteiger partial charge is 0.305 e. The van der Waals surface area contributed by atoms with Crippen LogP contribution >= 0.6 is 0 Å². The molecule has 2 saturated heterocycles. The zero-order chi connectivity index (χ0) is 24.7. The molecule has 0 bridgehead atoms. The van der Waals surface area contributed by atoms with Crippen molar-refractivity contribution in [3.05, 3.63) is 11.8 Å². The van der Waals surface area contributed by atoms with Crippen molar-refractivity contribution >= 4 is 23.6 Å². The standard InChI is InChI=1S/C25H36N4O6/c1-15(30)27-10-12-28(13-11-27)19-7-6-16-22-24(19)35-20-5-3-2-4-18(20)29(22)14-17(23(16)33)25(34)26-9-8-21(31)32/h14,16,18-20,22,24H,2-13H2,1H3,(H,26,34)(H,31,32). The molecule has 6 unspecified atom stereocenters. The number of amides is 2. The van der Waals surface area contributed by atoms with E-state index in [1.54, 1.807) is 13.1 Å². The average molecular weight is 489 g/mol. The van der Waals surface area contributed by atoms with Gasteiger partial charge in [0.05, 0.1) is 36.3 Å². The van der Waals surface area contributed by atoms with Gasteiger partial charge in [-0.3, -0.25) is 24.1 Å². The van der Waals surface area contributed by atoms with Gasteiger partial charge in [0, 0.05) is 57.8 Å². The molecule has 0 radical (unpaired) electrons. The van der Waals surface area contributed by atoms with Crippen molar-refractivity contribution in [2.75, 3.05) is 32.7 Å². The van der Waals surface area contributed by atoms with Crippen LogP contribution in [0.1, 0.15) is 51.9 Å². The van der Waals surface area contributed by atoms with Crippen LogP contribution in [0.4, 0.5) is 0 Å². The van der Waals surface area contributed by atoms with E-state index in [-0.39, 0.29) is 66.5 Å². The molecule has 3 heterocycles. The number of ketones is 1. The Morgan fingerprint density at radius 1 is 1.06 bits per heavy atom. The lowest BCUT2D eigenvalue weighted by molar-refractivity contribution is -0.202. The van der Waals surface area contributed by atoms with Crippen molar-refractivity contribution in [1.82, 2.24) is 20.0 Å². The Morgan fingerprint density at radius 2 is 1.80 bits per heavy atom. The van der Waals surface area contributed by atoms with Crippen LogP contribution in [0.5, 0.6) is 0 Å². The normalized spacial score (nSPS) is 35.0. The number of hydrogen-bond acceptors (Lipinski definition) is 7. The number of hydrogen-bond donors (Lipinski definition) is 2. The molecular formula is C25H36N4O6. The number of carbonyl (C=O) groups excluding carboxylic acids is 3. The molecule has 4 fully saturated rings. The van der Waals surface area contributed by atoms with E-state index in [0.29, 0.717) is 19.5 Å². The van der Waals surface area contributed by atoms with E-state index < -0.39 is 11.9 Å². The van der Waals surface area contributed by atoms with Crippen molar-refractivity contribution in [2.45, 2.75) is 82.2 Å². The second-order valence-electron chi connectivity index (χ2n) is 10.5. The van der Waals surface area contributed by atoms with Crippen molar-refractivity contribution in [3.8, 4) is 0 Å². The van der Waals surface area contributed by atoms with Crippen LogP contribution in [0.3, 0.4) is 0 Å². The number of fused-ring (bicyclic) bond motifs is 2. The fourth-order valence-electron chi connectivity index (χ4n) is 6.88. The van der Waals surface area contributed by atoms with Crippen molar-refractivity contribution in [2.24, 2.45) is 5.92 Å². The highest BCUT2D eigenvalue weighted by atomic mass is 16.5. The van der Waals surface area contributed by atoms with Crippen LogP contribution < -0.4 is 5.32 Å². The van der Waals surface area contributed by atoms with Gasteiger partial charge in [0.1, 0.15) is 0 Å². The number of piperazine rings is 1. The van der Waals surface area contributed by atoms with Gasteiger partial charge in [0.25, 0.3) is 5.91 Å². The maximum atomic E-state index is 13.5. The van der Waals surface area contributed by atoms with Gasteiger partial charge in [0.2, 0.25) is 5.91 Å². The zero-order valence-corrected chi connectivity index (χ0v) is 20.4. The van der Waals surface area contributed by atoms with E-state index in [9.17, 15) is 19.2 Å². The molecule has 0 aromatic carbocycles. The summed E-state index contributed by atoms with van der Waals surface area (Å²) in [5.74, 6) is -1.81. The van der Waals surface area contributed by atoms with E-state index in [0.717, 1.165) is 45.2 Å². The Bertz CT molecular complexity index is 914. The SMILES string of the molecule is CC(=O)N1CCN(C2CCC3C(=O)C(C(=O)NCCC(=O)O)=CN4C5CCCCC5OC2C34)CC1. The highest BCUT2D eigenvalue weighted by molar-refractivity contribution is 6.20. The van der Waals surface area contributed by atoms with Gasteiger partial charge in [0.15, 0.2) is 5.78 Å². The summed E-state index contributed by atoms with van der Waals surface area (Å²) in [7, 11) is 0. The molecule has 2 amide bonds. The quantitative estimate of drug-likeness (QED) is 0.533. The third-order valence-electron chi connectivity index (χ3n) is 8.61. The van der Waals surface area contributed by atoms with Gasteiger partial charge >= 0.3 is 5.97 Å². The molecule has 6 atom stereocenters. The molecule has 192 valence electrons. The number of morpholine rings is 1. The maximum absolute atomic E-state index is 13.5. The van der Waals surface area contributed by atoms with Crippen LogP contribution in [0, 0.1) is 5.92 Å². The van der Waals surface area contributed by atoms with Gasteiger partial charge in [-0.05, 0) is 25.7 Å². The first-order valence-corrected chi connectivity index (χ1v) is 13.0. The van der Waals surface area contributed by atoms with Crippen molar-refractivity contribution < 1.29 is 29.0 Å². The fourth-order valence-corrected chi connectivity index (χ4v) is 6.88. The van der Waals surface area contributed by atoms with E-state index in [4.69, 9.17) is 9.84 Å². The number of rotatable bonds is 5. The number of nitrogens with one attached hydrogen (secondary N) is 1. The molecule has 5 aliphatic rings. The molecular weight excluding hydrogens is 452 g/mol. The Labute approximate surface area is 205 Å². The summed E-state index contributed by atoms with van der Waals surface area (Å²) in [5, 5.41) is 11.5. The van der Waals surface area contributed by atoms with E-state index >= 15 is 0 Å². The first-order valence-electron chi connectivity index (χ1n) is 13.0. The summed E-state index contributed by atoms with van der Waals surface area (Å²) in [4.78, 5) is 55.6. The van der Waals surface area contributed by atoms with Crippen LogP contribution in [0.25, 0.3) is 0 Å². The molecule has 5 rings (SSSR count). The molecule has 10 heteroatoms. The van der Waals surface area contributed by atoms with Gasteiger partial charge in [-0.25, -0.2) is 0 Å². The highest BCUT2D eigenvalue weighted by Crippen LogP contribution is 2.46. The predicted molar refractivity (Wildman–Crippen MR) is 125 cm³/mol. The Kier molecular flexibility index (Phi) is 6.85. The number of aliphatic carboxylic acids is 1. The molecule has 3 aliphatic heterocycles. The van der Waals surface area contributed by atoms with Crippen LogP contribution in [-0.4, -0.2) is 106 Å². The molecule has 2 N–H and O–H groups in total. The number of nitrogens with zero attached hydrogens (tertiary/aromatic N) is 3. The maximum Gasteiger partial charge on any atom is 0.305 e. The molecule has 10 nitrogen and oxygen atoms in total. The minimum atomic E-state index is -0.988. The second kappa shape index (κ2) is 9.89. The van der Waals surface area contributed by atoms with Crippen LogP contribution in [0.2, 0.25) is 0 Å². The fraction of sp³-hybridized carbons (Fsp3) is 0.760. The molecule has 0 spiro atoms. The first-order chi connectivity index (χ1) is 16.8. The number of Topliss-reactive ketones (excluding diaryl/α,β-unsaturated/α-hetero) is 1. The Morgan fingerprint density at radius 3 is 2.51 bits per heavy atom. The summed E-state index contributed by atoms with van der Waals surface area (Å²) >= 11 is 0. The molecule has 35 heavy (non-hydrogen) atoms. The summed E-state index contributed by atoms with van der Waals surface area (Å²) in [5.41, 5.74) is 0.148. The van der Waals surface area contributed by atoms with Crippen molar-refractivity contribution in [1.29, 1.82) is 0 Å². The van der Waals surface area contributed by atoms with E-state index in [1.807, 2.05) is 4.90 Å². The number of ether oxygens (including phenoxy) is 1. The largest absolute Gasteiger partial charge is 0.481 e. The average Bonchev–Trinajstić information content (AvgIpc) is 2.85. The third-order valence-corrected chi connectivity index (χ3v) is 8.61. The summed E-state index contributed by atoms with van der Waals surface area (Å²) in [6.45, 7) is 4.64. The van der Waals surface area contributed by atoms with E-state index in [2.05, 4.69) is 15.1 Å². The number of carboxylic acids is 1. The van der Waals surface area contributed by atoms with Crippen molar-refractivity contribution in [3.63, 3.8) is 0 Å². The minimum Gasteiger partial charge on any atom is -0.481 e. The van der Waals surface area contributed by atoms with Gasteiger partial charge in [-0.15, -0.1) is 0 Å². The second-order valence-corrected chi connectivity index (χ2v) is 10.5. The van der Waals surface area contributed by atoms with Gasteiger partial charge < -0.3 is 25.0 Å². The summed E-state index contributed by atoms with van der Waals surface area (Å²) in [6, 6.07) is 0.237. The predicted octanol–water partition coefficient (Wildman–Crippen LogP) is 0.367. The summed E-state index contributed by atoms with van der Waals surface area (Å²) in [6.07, 6.45) is 7.20. The monoisotopic (exact) mass is 488 g/mol. The highest BCUT2D eigenvalue weighted by Gasteiger charge is 2.56.